The van der Waals surface area contributed by atoms with Crippen molar-refractivity contribution in [2.45, 2.75) is 38.6 Å². The molecule has 1 N–H and O–H groups in total. The number of rotatable bonds is 2. The Kier molecular flexibility index (Phi) is 2.61. The summed E-state index contributed by atoms with van der Waals surface area (Å²) in [5.74, 6) is 0.815. The summed E-state index contributed by atoms with van der Waals surface area (Å²) >= 11 is 0. The molecular formula is C11H22N2. The zero-order valence-corrected chi connectivity index (χ0v) is 8.97. The minimum atomic E-state index is 0.560. The first-order valence-corrected chi connectivity index (χ1v) is 5.69. The highest BCUT2D eigenvalue weighted by Gasteiger charge is 2.42. The standard InChI is InChI=1S/C11H22N2/c1-10(2)8-13-7-3-4-11(13)5-6-12-9-11/h10,12H,3-9H2,1-2H3. The molecule has 76 valence electrons. The van der Waals surface area contributed by atoms with E-state index < -0.39 is 0 Å². The molecule has 2 heteroatoms. The van der Waals surface area contributed by atoms with Gasteiger partial charge in [0, 0.05) is 18.6 Å². The van der Waals surface area contributed by atoms with E-state index in [-0.39, 0.29) is 0 Å². The van der Waals surface area contributed by atoms with Crippen molar-refractivity contribution in [3.63, 3.8) is 0 Å². The molecule has 0 bridgehead atoms. The summed E-state index contributed by atoms with van der Waals surface area (Å²) in [7, 11) is 0. The van der Waals surface area contributed by atoms with E-state index in [1.165, 1.54) is 45.4 Å². The van der Waals surface area contributed by atoms with E-state index in [1.54, 1.807) is 0 Å². The van der Waals surface area contributed by atoms with Gasteiger partial charge in [-0.1, -0.05) is 13.8 Å². The highest BCUT2D eigenvalue weighted by molar-refractivity contribution is 5.01. The molecule has 0 aromatic carbocycles. The number of nitrogens with zero attached hydrogens (tertiary/aromatic N) is 1. The first-order chi connectivity index (χ1) is 6.23. The summed E-state index contributed by atoms with van der Waals surface area (Å²) in [5.41, 5.74) is 0.560. The van der Waals surface area contributed by atoms with E-state index >= 15 is 0 Å². The quantitative estimate of drug-likeness (QED) is 0.695. The van der Waals surface area contributed by atoms with Crippen molar-refractivity contribution in [2.24, 2.45) is 5.92 Å². The van der Waals surface area contributed by atoms with E-state index in [9.17, 15) is 0 Å². The second kappa shape index (κ2) is 3.58. The third kappa shape index (κ3) is 1.75. The normalized spacial score (nSPS) is 35.3. The second-order valence-corrected chi connectivity index (χ2v) is 5.09. The maximum Gasteiger partial charge on any atom is 0.0346 e. The molecule has 0 aromatic heterocycles. The number of hydrogen-bond donors (Lipinski definition) is 1. The zero-order chi connectivity index (χ0) is 9.31. The average molecular weight is 182 g/mol. The van der Waals surface area contributed by atoms with Crippen LogP contribution in [-0.4, -0.2) is 36.6 Å². The summed E-state index contributed by atoms with van der Waals surface area (Å²) in [5, 5.41) is 3.52. The first-order valence-electron chi connectivity index (χ1n) is 5.69. The van der Waals surface area contributed by atoms with Gasteiger partial charge < -0.3 is 5.32 Å². The van der Waals surface area contributed by atoms with Gasteiger partial charge in [0.1, 0.15) is 0 Å². The highest BCUT2D eigenvalue weighted by atomic mass is 15.3. The van der Waals surface area contributed by atoms with Gasteiger partial charge in [0.15, 0.2) is 0 Å². The summed E-state index contributed by atoms with van der Waals surface area (Å²) in [4.78, 5) is 2.73. The monoisotopic (exact) mass is 182 g/mol. The fourth-order valence-electron chi connectivity index (χ4n) is 2.93. The molecule has 2 saturated heterocycles. The van der Waals surface area contributed by atoms with E-state index in [0.29, 0.717) is 5.54 Å². The van der Waals surface area contributed by atoms with Crippen molar-refractivity contribution >= 4 is 0 Å². The molecule has 2 nitrogen and oxygen atoms in total. The minimum Gasteiger partial charge on any atom is -0.315 e. The summed E-state index contributed by atoms with van der Waals surface area (Å²) < 4.78 is 0. The van der Waals surface area contributed by atoms with Crippen LogP contribution < -0.4 is 5.32 Å². The smallest absolute Gasteiger partial charge is 0.0346 e. The van der Waals surface area contributed by atoms with Gasteiger partial charge in [-0.3, -0.25) is 4.90 Å². The molecular weight excluding hydrogens is 160 g/mol. The molecule has 2 aliphatic heterocycles. The maximum absolute atomic E-state index is 3.52. The Morgan fingerprint density at radius 1 is 1.38 bits per heavy atom. The molecule has 0 radical (unpaired) electrons. The van der Waals surface area contributed by atoms with Gasteiger partial charge in [0.2, 0.25) is 0 Å². The predicted octanol–water partition coefficient (Wildman–Crippen LogP) is 1.47. The SMILES string of the molecule is CC(C)CN1CCCC12CCNC2. The molecule has 1 unspecified atom stereocenters. The van der Waals surface area contributed by atoms with Gasteiger partial charge in [-0.05, 0) is 38.3 Å². The molecule has 2 aliphatic rings. The van der Waals surface area contributed by atoms with E-state index in [0.717, 1.165) is 5.92 Å². The van der Waals surface area contributed by atoms with Gasteiger partial charge in [-0.2, -0.15) is 0 Å². The van der Waals surface area contributed by atoms with Crippen LogP contribution in [0.2, 0.25) is 0 Å². The van der Waals surface area contributed by atoms with Gasteiger partial charge >= 0.3 is 0 Å². The van der Waals surface area contributed by atoms with Crippen LogP contribution >= 0.6 is 0 Å². The Balaban J connectivity index is 2.00. The lowest BCUT2D eigenvalue weighted by Gasteiger charge is -2.35. The van der Waals surface area contributed by atoms with Crippen molar-refractivity contribution in [1.29, 1.82) is 0 Å². The van der Waals surface area contributed by atoms with Gasteiger partial charge in [0.05, 0.1) is 0 Å². The topological polar surface area (TPSA) is 15.3 Å². The molecule has 2 fully saturated rings. The molecule has 2 heterocycles. The third-order valence-electron chi connectivity index (χ3n) is 3.55. The van der Waals surface area contributed by atoms with Gasteiger partial charge in [-0.15, -0.1) is 0 Å². The van der Waals surface area contributed by atoms with Crippen LogP contribution in [0.1, 0.15) is 33.1 Å². The molecule has 0 aromatic rings. The maximum atomic E-state index is 3.52. The van der Waals surface area contributed by atoms with Crippen LogP contribution in [0.15, 0.2) is 0 Å². The zero-order valence-electron chi connectivity index (χ0n) is 8.97. The Bertz CT molecular complexity index is 165. The molecule has 0 saturated carbocycles. The van der Waals surface area contributed by atoms with Crippen LogP contribution in [0.25, 0.3) is 0 Å². The molecule has 1 atom stereocenters. The third-order valence-corrected chi connectivity index (χ3v) is 3.55. The fourth-order valence-corrected chi connectivity index (χ4v) is 2.93. The predicted molar refractivity (Wildman–Crippen MR) is 55.9 cm³/mol. The summed E-state index contributed by atoms with van der Waals surface area (Å²) in [6, 6.07) is 0. The number of likely N-dealkylation sites (tertiary alicyclic amines) is 1. The lowest BCUT2D eigenvalue weighted by atomic mass is 9.94. The highest BCUT2D eigenvalue weighted by Crippen LogP contribution is 2.34. The van der Waals surface area contributed by atoms with Crippen LogP contribution in [0, 0.1) is 5.92 Å². The van der Waals surface area contributed by atoms with Crippen LogP contribution in [-0.2, 0) is 0 Å². The minimum absolute atomic E-state index is 0.560. The molecule has 0 aliphatic carbocycles. The lowest BCUT2D eigenvalue weighted by Crippen LogP contribution is -2.46. The van der Waals surface area contributed by atoms with Crippen molar-refractivity contribution in [3.8, 4) is 0 Å². The molecule has 1 spiro atoms. The summed E-state index contributed by atoms with van der Waals surface area (Å²) in [6.45, 7) is 9.75. The van der Waals surface area contributed by atoms with Crippen LogP contribution in [0.3, 0.4) is 0 Å². The molecule has 2 rings (SSSR count). The van der Waals surface area contributed by atoms with E-state index in [4.69, 9.17) is 0 Å². The first kappa shape index (κ1) is 9.47. The van der Waals surface area contributed by atoms with Crippen molar-refractivity contribution in [3.05, 3.63) is 0 Å². The fraction of sp³-hybridized carbons (Fsp3) is 1.00. The van der Waals surface area contributed by atoms with Crippen molar-refractivity contribution in [1.82, 2.24) is 10.2 Å². The van der Waals surface area contributed by atoms with Crippen LogP contribution in [0.4, 0.5) is 0 Å². The van der Waals surface area contributed by atoms with Crippen molar-refractivity contribution in [2.75, 3.05) is 26.2 Å². The lowest BCUT2D eigenvalue weighted by molar-refractivity contribution is 0.139. The Morgan fingerprint density at radius 3 is 2.85 bits per heavy atom. The average Bonchev–Trinajstić information content (AvgIpc) is 2.64. The van der Waals surface area contributed by atoms with E-state index in [2.05, 4.69) is 24.1 Å². The van der Waals surface area contributed by atoms with Crippen LogP contribution in [0.5, 0.6) is 0 Å². The van der Waals surface area contributed by atoms with E-state index in [1.807, 2.05) is 0 Å². The number of nitrogens with one attached hydrogen (secondary N) is 1. The van der Waals surface area contributed by atoms with Gasteiger partial charge in [-0.25, -0.2) is 0 Å². The number of hydrogen-bond acceptors (Lipinski definition) is 2. The second-order valence-electron chi connectivity index (χ2n) is 5.09. The molecule has 13 heavy (non-hydrogen) atoms. The largest absolute Gasteiger partial charge is 0.315 e. The Morgan fingerprint density at radius 2 is 2.23 bits per heavy atom. The molecule has 0 amide bonds. The van der Waals surface area contributed by atoms with Crippen molar-refractivity contribution < 1.29 is 0 Å². The Labute approximate surface area is 81.7 Å². The van der Waals surface area contributed by atoms with Gasteiger partial charge in [0.25, 0.3) is 0 Å². The summed E-state index contributed by atoms with van der Waals surface area (Å²) in [6.07, 6.45) is 4.21. The Hall–Kier alpha value is -0.0800.